The van der Waals surface area contributed by atoms with Gasteiger partial charge >= 0.3 is 0 Å². The number of halogens is 2. The van der Waals surface area contributed by atoms with Crippen LogP contribution < -0.4 is 11.1 Å². The Morgan fingerprint density at radius 1 is 1.39 bits per heavy atom. The Balaban J connectivity index is 0.00000280. The van der Waals surface area contributed by atoms with E-state index in [1.54, 1.807) is 10.7 Å². The Bertz CT molecular complexity index is 1030. The average molecular weight is 447 g/mol. The first-order chi connectivity index (χ1) is 12.6. The molecule has 1 aromatic carbocycles. The zero-order valence-corrected chi connectivity index (χ0v) is 17.5. The van der Waals surface area contributed by atoms with Crippen LogP contribution in [0.1, 0.15) is 34.8 Å². The predicted octanol–water partition coefficient (Wildman–Crippen LogP) is 1.70. The number of carbonyl (C=O) groups is 1. The van der Waals surface area contributed by atoms with Gasteiger partial charge in [0.2, 0.25) is 10.0 Å². The fourth-order valence-electron chi connectivity index (χ4n) is 2.69. The van der Waals surface area contributed by atoms with Crippen LogP contribution in [0.2, 0.25) is 5.02 Å². The fourth-order valence-corrected chi connectivity index (χ4v) is 3.95. The van der Waals surface area contributed by atoms with Crippen LogP contribution in [0.3, 0.4) is 0 Å². The highest BCUT2D eigenvalue weighted by molar-refractivity contribution is 7.89. The van der Waals surface area contributed by atoms with Crippen molar-refractivity contribution in [2.24, 2.45) is 5.73 Å². The summed E-state index contributed by atoms with van der Waals surface area (Å²) in [5.74, 6) is -0.828. The first-order valence-corrected chi connectivity index (χ1v) is 9.90. The largest absolute Gasteiger partial charge is 0.370 e. The van der Waals surface area contributed by atoms with Gasteiger partial charge in [0.05, 0.1) is 33.1 Å². The molecule has 4 N–H and O–H groups in total. The summed E-state index contributed by atoms with van der Waals surface area (Å²) in [5.41, 5.74) is 6.69. The molecule has 12 heteroatoms. The first kappa shape index (κ1) is 22.2. The molecular weight excluding hydrogens is 427 g/mol. The lowest BCUT2D eigenvalue weighted by Gasteiger charge is -2.14. The Hall–Kier alpha value is -2.14. The number of amides is 1. The molecule has 0 spiro atoms. The van der Waals surface area contributed by atoms with Crippen molar-refractivity contribution < 1.29 is 13.2 Å². The maximum atomic E-state index is 12.3. The highest BCUT2D eigenvalue weighted by Crippen LogP contribution is 2.43. The van der Waals surface area contributed by atoms with E-state index in [-0.39, 0.29) is 28.2 Å². The zero-order valence-electron chi connectivity index (χ0n) is 15.1. The molecule has 1 amide bonds. The number of nitrogens with one attached hydrogen (secondary N) is 2. The summed E-state index contributed by atoms with van der Waals surface area (Å²) in [7, 11) is -0.736. The number of nitrogens with two attached hydrogens (primary N) is 1. The van der Waals surface area contributed by atoms with Crippen molar-refractivity contribution in [1.82, 2.24) is 19.4 Å². The van der Waals surface area contributed by atoms with Crippen LogP contribution in [0, 0.1) is 5.41 Å². The third-order valence-electron chi connectivity index (χ3n) is 4.19. The minimum absolute atomic E-state index is 0. The second-order valence-electron chi connectivity index (χ2n) is 6.40. The molecule has 1 heterocycles. The van der Waals surface area contributed by atoms with E-state index in [1.807, 2.05) is 0 Å². The van der Waals surface area contributed by atoms with Crippen molar-refractivity contribution in [2.45, 2.75) is 23.7 Å². The lowest BCUT2D eigenvalue weighted by molar-refractivity contribution is 0.0975. The van der Waals surface area contributed by atoms with Gasteiger partial charge in [-0.15, -0.1) is 12.4 Å². The Labute approximate surface area is 173 Å². The van der Waals surface area contributed by atoms with Gasteiger partial charge in [-0.05, 0) is 31.0 Å². The molecule has 0 bridgehead atoms. The number of benzene rings is 1. The minimum Gasteiger partial charge on any atom is -0.370 e. The second kappa shape index (κ2) is 8.08. The molecule has 1 fully saturated rings. The molecule has 0 aliphatic heterocycles. The molecule has 152 valence electrons. The number of nitrogens with zero attached hydrogens (tertiary/aromatic N) is 3. The van der Waals surface area contributed by atoms with Gasteiger partial charge in [0.1, 0.15) is 0 Å². The standard InChI is InChI=1S/C16H19ClN6O3S.ClH/c1-22(2)27(25,26)10-5-6-13(12(17)7-10)23-14(9-3-4-9)11(8-20-23)15(24)21-16(18)19;/h5-9H,3-4H2,1-2H3,(H4,18,19,21,24);1H. The molecule has 28 heavy (non-hydrogen) atoms. The van der Waals surface area contributed by atoms with Crippen LogP contribution in [-0.4, -0.2) is 48.5 Å². The molecule has 1 aliphatic carbocycles. The van der Waals surface area contributed by atoms with E-state index in [1.165, 1.54) is 32.4 Å². The van der Waals surface area contributed by atoms with Crippen LogP contribution >= 0.6 is 24.0 Å². The van der Waals surface area contributed by atoms with Gasteiger partial charge in [-0.25, -0.2) is 17.4 Å². The van der Waals surface area contributed by atoms with Gasteiger partial charge in [0.15, 0.2) is 5.96 Å². The Morgan fingerprint density at radius 3 is 2.54 bits per heavy atom. The normalized spacial score (nSPS) is 13.9. The number of guanidine groups is 1. The summed E-state index contributed by atoms with van der Waals surface area (Å²) in [6.07, 6.45) is 3.19. The summed E-state index contributed by atoms with van der Waals surface area (Å²) in [6, 6.07) is 4.37. The molecule has 1 aromatic heterocycles. The summed E-state index contributed by atoms with van der Waals surface area (Å²) >= 11 is 6.35. The van der Waals surface area contributed by atoms with Crippen LogP contribution in [0.4, 0.5) is 0 Å². The quantitative estimate of drug-likeness (QED) is 0.474. The topological polar surface area (TPSA) is 134 Å². The summed E-state index contributed by atoms with van der Waals surface area (Å²) in [4.78, 5) is 12.4. The predicted molar refractivity (Wildman–Crippen MR) is 108 cm³/mol. The molecule has 0 atom stereocenters. The van der Waals surface area contributed by atoms with E-state index in [9.17, 15) is 13.2 Å². The number of hydrogen-bond donors (Lipinski definition) is 3. The summed E-state index contributed by atoms with van der Waals surface area (Å²) < 4.78 is 27.2. The smallest absolute Gasteiger partial charge is 0.261 e. The zero-order chi connectivity index (χ0) is 19.9. The average Bonchev–Trinajstić information content (AvgIpc) is 3.32. The van der Waals surface area contributed by atoms with E-state index in [0.717, 1.165) is 17.1 Å². The van der Waals surface area contributed by atoms with Gasteiger partial charge in [-0.3, -0.25) is 15.5 Å². The molecule has 1 aliphatic rings. The summed E-state index contributed by atoms with van der Waals surface area (Å²) in [6.45, 7) is 0. The fraction of sp³-hybridized carbons (Fsp3) is 0.312. The number of rotatable bonds is 5. The van der Waals surface area contributed by atoms with Crippen LogP contribution in [0.25, 0.3) is 5.69 Å². The third-order valence-corrected chi connectivity index (χ3v) is 6.30. The Kier molecular flexibility index (Phi) is 6.39. The van der Waals surface area contributed by atoms with Crippen molar-refractivity contribution in [2.75, 3.05) is 14.1 Å². The van der Waals surface area contributed by atoms with Crippen molar-refractivity contribution in [1.29, 1.82) is 5.41 Å². The lowest BCUT2D eigenvalue weighted by Crippen LogP contribution is -2.36. The number of hydrogen-bond acceptors (Lipinski definition) is 5. The molecule has 0 saturated heterocycles. The number of sulfonamides is 1. The van der Waals surface area contributed by atoms with Crippen LogP contribution in [0.5, 0.6) is 0 Å². The van der Waals surface area contributed by atoms with Gasteiger partial charge in [0, 0.05) is 20.0 Å². The van der Waals surface area contributed by atoms with E-state index in [4.69, 9.17) is 22.7 Å². The van der Waals surface area contributed by atoms with Gasteiger partial charge in [0.25, 0.3) is 5.91 Å². The van der Waals surface area contributed by atoms with E-state index in [2.05, 4.69) is 10.4 Å². The summed E-state index contributed by atoms with van der Waals surface area (Å²) in [5, 5.41) is 13.9. The highest BCUT2D eigenvalue weighted by Gasteiger charge is 2.33. The SMILES string of the molecule is CN(C)S(=O)(=O)c1ccc(-n2ncc(C(=O)NC(=N)N)c2C2CC2)c(Cl)c1.Cl. The molecular formula is C16H20Cl2N6O3S. The van der Waals surface area contributed by atoms with Crippen LogP contribution in [-0.2, 0) is 10.0 Å². The molecule has 1 saturated carbocycles. The highest BCUT2D eigenvalue weighted by atomic mass is 35.5. The monoisotopic (exact) mass is 446 g/mol. The molecule has 3 rings (SSSR count). The first-order valence-electron chi connectivity index (χ1n) is 8.08. The lowest BCUT2D eigenvalue weighted by atomic mass is 10.1. The molecule has 2 aromatic rings. The van der Waals surface area contributed by atoms with Gasteiger partial charge < -0.3 is 5.73 Å². The Morgan fingerprint density at radius 2 is 2.04 bits per heavy atom. The van der Waals surface area contributed by atoms with Gasteiger partial charge in [-0.2, -0.15) is 5.10 Å². The molecule has 0 radical (unpaired) electrons. The van der Waals surface area contributed by atoms with Gasteiger partial charge in [-0.1, -0.05) is 11.6 Å². The minimum atomic E-state index is -3.62. The van der Waals surface area contributed by atoms with E-state index in [0.29, 0.717) is 16.9 Å². The van der Waals surface area contributed by atoms with Crippen molar-refractivity contribution in [3.8, 4) is 5.69 Å². The molecule has 9 nitrogen and oxygen atoms in total. The number of carbonyl (C=O) groups excluding carboxylic acids is 1. The second-order valence-corrected chi connectivity index (χ2v) is 8.96. The van der Waals surface area contributed by atoms with Crippen molar-refractivity contribution in [3.63, 3.8) is 0 Å². The third kappa shape index (κ3) is 4.14. The van der Waals surface area contributed by atoms with Crippen LogP contribution in [0.15, 0.2) is 29.3 Å². The van der Waals surface area contributed by atoms with E-state index >= 15 is 0 Å². The number of aromatic nitrogens is 2. The van der Waals surface area contributed by atoms with Crippen molar-refractivity contribution in [3.05, 3.63) is 40.7 Å². The molecule has 0 unspecified atom stereocenters. The maximum absolute atomic E-state index is 12.3. The maximum Gasteiger partial charge on any atom is 0.261 e. The van der Waals surface area contributed by atoms with Crippen molar-refractivity contribution >= 4 is 45.9 Å². The van der Waals surface area contributed by atoms with E-state index < -0.39 is 21.9 Å².